The van der Waals surface area contributed by atoms with Gasteiger partial charge in [0.25, 0.3) is 0 Å². The predicted molar refractivity (Wildman–Crippen MR) is 33.6 cm³/mol. The first-order valence-electron chi connectivity index (χ1n) is 2.61. The van der Waals surface area contributed by atoms with Crippen LogP contribution in [0.2, 0.25) is 0 Å². The van der Waals surface area contributed by atoms with Gasteiger partial charge in [-0.1, -0.05) is 13.3 Å². The Hall–Kier alpha value is 0.250. The van der Waals surface area contributed by atoms with E-state index in [0.29, 0.717) is 11.8 Å². The van der Waals surface area contributed by atoms with E-state index in [-0.39, 0.29) is 0 Å². The topological polar surface area (TPSA) is 26.0 Å². The highest BCUT2D eigenvalue weighted by Crippen LogP contribution is 2.00. The van der Waals surface area contributed by atoms with E-state index >= 15 is 0 Å². The van der Waals surface area contributed by atoms with Crippen molar-refractivity contribution < 1.29 is 0 Å². The van der Waals surface area contributed by atoms with E-state index in [1.165, 1.54) is 0 Å². The van der Waals surface area contributed by atoms with E-state index in [2.05, 4.69) is 6.92 Å². The van der Waals surface area contributed by atoms with Crippen LogP contribution in [0.1, 0.15) is 13.3 Å². The van der Waals surface area contributed by atoms with Crippen LogP contribution in [0.15, 0.2) is 0 Å². The van der Waals surface area contributed by atoms with Gasteiger partial charge in [0, 0.05) is 5.88 Å². The fourth-order valence-corrected chi connectivity index (χ4v) is 0.683. The third kappa shape index (κ3) is 2.89. The van der Waals surface area contributed by atoms with Crippen LogP contribution in [0.3, 0.4) is 0 Å². The minimum atomic E-state index is 0.529. The first kappa shape index (κ1) is 7.25. The zero-order valence-corrected chi connectivity index (χ0v) is 5.41. The minimum absolute atomic E-state index is 0.529. The molecule has 0 rings (SSSR count). The van der Waals surface area contributed by atoms with E-state index in [1.807, 2.05) is 0 Å². The fraction of sp³-hybridized carbons (Fsp3) is 1.00. The number of nitrogens with two attached hydrogens (primary N) is 1. The highest BCUT2D eigenvalue weighted by molar-refractivity contribution is 6.18. The maximum atomic E-state index is 5.49. The lowest BCUT2D eigenvalue weighted by Crippen LogP contribution is -2.14. The second kappa shape index (κ2) is 4.41. The number of hydrogen-bond donors (Lipinski definition) is 1. The van der Waals surface area contributed by atoms with Gasteiger partial charge in [0.05, 0.1) is 0 Å². The van der Waals surface area contributed by atoms with Crippen molar-refractivity contribution >= 4 is 11.6 Å². The maximum Gasteiger partial charge on any atom is 0.0263 e. The molecule has 44 valence electrons. The lowest BCUT2D eigenvalue weighted by molar-refractivity contribution is 0.582. The summed E-state index contributed by atoms with van der Waals surface area (Å²) in [5.41, 5.74) is 5.31. The summed E-state index contributed by atoms with van der Waals surface area (Å²) in [5, 5.41) is 0. The van der Waals surface area contributed by atoms with Gasteiger partial charge in [-0.05, 0) is 12.5 Å². The van der Waals surface area contributed by atoms with E-state index in [0.717, 1.165) is 13.0 Å². The molecular weight excluding hydrogens is 110 g/mol. The fourth-order valence-electron chi connectivity index (χ4n) is 0.339. The van der Waals surface area contributed by atoms with Crippen LogP contribution < -0.4 is 5.73 Å². The van der Waals surface area contributed by atoms with E-state index in [1.54, 1.807) is 0 Å². The largest absolute Gasteiger partial charge is 0.330 e. The molecular formula is C5H12ClN. The Kier molecular flexibility index (Phi) is 4.57. The summed E-state index contributed by atoms with van der Waals surface area (Å²) in [4.78, 5) is 0. The molecule has 0 spiro atoms. The van der Waals surface area contributed by atoms with Crippen molar-refractivity contribution in [2.75, 3.05) is 12.4 Å². The van der Waals surface area contributed by atoms with Crippen LogP contribution in [0.4, 0.5) is 0 Å². The van der Waals surface area contributed by atoms with Gasteiger partial charge in [-0.15, -0.1) is 11.6 Å². The first-order valence-corrected chi connectivity index (χ1v) is 3.14. The van der Waals surface area contributed by atoms with Gasteiger partial charge in [-0.2, -0.15) is 0 Å². The molecule has 0 amide bonds. The Labute approximate surface area is 49.8 Å². The van der Waals surface area contributed by atoms with Crippen molar-refractivity contribution in [3.63, 3.8) is 0 Å². The van der Waals surface area contributed by atoms with Crippen LogP contribution in [0.25, 0.3) is 0 Å². The van der Waals surface area contributed by atoms with Crippen molar-refractivity contribution in [1.82, 2.24) is 0 Å². The lowest BCUT2D eigenvalue weighted by Gasteiger charge is -2.03. The Balaban J connectivity index is 2.99. The average Bonchev–Trinajstić information content (AvgIpc) is 1.72. The molecule has 1 unspecified atom stereocenters. The molecule has 0 aromatic carbocycles. The Bertz CT molecular complexity index is 29.6. The zero-order valence-electron chi connectivity index (χ0n) is 4.65. The molecule has 0 radical (unpaired) electrons. The maximum absolute atomic E-state index is 5.49. The molecule has 1 nitrogen and oxygen atoms in total. The predicted octanol–water partition coefficient (Wildman–Crippen LogP) is 1.21. The SMILES string of the molecule is CCC(CN)CCl. The third-order valence-corrected chi connectivity index (χ3v) is 1.57. The van der Waals surface area contributed by atoms with E-state index in [4.69, 9.17) is 17.3 Å². The van der Waals surface area contributed by atoms with Crippen molar-refractivity contribution in [2.24, 2.45) is 11.7 Å². The molecule has 0 aromatic rings. The number of alkyl halides is 1. The highest BCUT2D eigenvalue weighted by Gasteiger charge is 1.97. The second-order valence-electron chi connectivity index (χ2n) is 1.66. The van der Waals surface area contributed by atoms with Crippen LogP contribution in [-0.2, 0) is 0 Å². The lowest BCUT2D eigenvalue weighted by atomic mass is 10.1. The molecule has 2 N–H and O–H groups in total. The van der Waals surface area contributed by atoms with Crippen LogP contribution in [0.5, 0.6) is 0 Å². The molecule has 0 aliphatic carbocycles. The molecule has 2 heteroatoms. The van der Waals surface area contributed by atoms with Crippen molar-refractivity contribution in [3.8, 4) is 0 Å². The summed E-state index contributed by atoms with van der Waals surface area (Å²) >= 11 is 5.49. The smallest absolute Gasteiger partial charge is 0.0263 e. The molecule has 0 aliphatic rings. The molecule has 0 heterocycles. The third-order valence-electron chi connectivity index (χ3n) is 1.13. The van der Waals surface area contributed by atoms with E-state index in [9.17, 15) is 0 Å². The molecule has 0 saturated carbocycles. The van der Waals surface area contributed by atoms with Crippen molar-refractivity contribution in [3.05, 3.63) is 0 Å². The summed E-state index contributed by atoms with van der Waals surface area (Å²) in [6.45, 7) is 2.82. The van der Waals surface area contributed by atoms with Gasteiger partial charge in [0.2, 0.25) is 0 Å². The summed E-state index contributed by atoms with van der Waals surface area (Å²) in [7, 11) is 0. The van der Waals surface area contributed by atoms with Crippen LogP contribution in [0, 0.1) is 5.92 Å². The molecule has 0 aromatic heterocycles. The number of rotatable bonds is 3. The molecule has 7 heavy (non-hydrogen) atoms. The highest BCUT2D eigenvalue weighted by atomic mass is 35.5. The van der Waals surface area contributed by atoms with Gasteiger partial charge >= 0.3 is 0 Å². The van der Waals surface area contributed by atoms with Gasteiger partial charge in [0.1, 0.15) is 0 Å². The summed E-state index contributed by atoms with van der Waals surface area (Å²) in [6.07, 6.45) is 1.10. The number of hydrogen-bond acceptors (Lipinski definition) is 1. The Morgan fingerprint density at radius 1 is 1.71 bits per heavy atom. The molecule has 0 aliphatic heterocycles. The van der Waals surface area contributed by atoms with E-state index < -0.39 is 0 Å². The standard InChI is InChI=1S/C5H12ClN/c1-2-5(3-6)4-7/h5H,2-4,7H2,1H3. The van der Waals surface area contributed by atoms with Gasteiger partial charge in [-0.25, -0.2) is 0 Å². The minimum Gasteiger partial charge on any atom is -0.330 e. The van der Waals surface area contributed by atoms with Gasteiger partial charge in [0.15, 0.2) is 0 Å². The second-order valence-corrected chi connectivity index (χ2v) is 1.97. The van der Waals surface area contributed by atoms with Crippen LogP contribution >= 0.6 is 11.6 Å². The Morgan fingerprint density at radius 2 is 2.29 bits per heavy atom. The first-order chi connectivity index (χ1) is 3.35. The molecule has 1 atom stereocenters. The summed E-state index contributed by atoms with van der Waals surface area (Å²) < 4.78 is 0. The summed E-state index contributed by atoms with van der Waals surface area (Å²) in [6, 6.07) is 0. The average molecular weight is 122 g/mol. The molecule has 0 saturated heterocycles. The van der Waals surface area contributed by atoms with Gasteiger partial charge in [-0.3, -0.25) is 0 Å². The molecule has 0 bridgehead atoms. The Morgan fingerprint density at radius 3 is 2.29 bits per heavy atom. The van der Waals surface area contributed by atoms with Crippen LogP contribution in [-0.4, -0.2) is 12.4 Å². The molecule has 0 fully saturated rings. The normalized spacial score (nSPS) is 14.1. The summed E-state index contributed by atoms with van der Waals surface area (Å²) in [5.74, 6) is 1.23. The monoisotopic (exact) mass is 121 g/mol. The number of halogens is 1. The van der Waals surface area contributed by atoms with Crippen molar-refractivity contribution in [1.29, 1.82) is 0 Å². The van der Waals surface area contributed by atoms with Crippen molar-refractivity contribution in [2.45, 2.75) is 13.3 Å². The van der Waals surface area contributed by atoms with Gasteiger partial charge < -0.3 is 5.73 Å². The quantitative estimate of drug-likeness (QED) is 0.558. The zero-order chi connectivity index (χ0) is 5.70.